The SMILES string of the molecule is Cc1cc(=O)n2[nH]c(N(C)C)nc2n1. The number of anilines is 1. The molecule has 2 heterocycles. The van der Waals surface area contributed by atoms with E-state index < -0.39 is 0 Å². The molecule has 0 aliphatic rings. The lowest BCUT2D eigenvalue weighted by molar-refractivity contribution is 0.875. The van der Waals surface area contributed by atoms with Gasteiger partial charge in [-0.15, -0.1) is 0 Å². The summed E-state index contributed by atoms with van der Waals surface area (Å²) >= 11 is 0. The Morgan fingerprint density at radius 1 is 1.43 bits per heavy atom. The number of nitrogens with one attached hydrogen (secondary N) is 1. The summed E-state index contributed by atoms with van der Waals surface area (Å²) in [6.45, 7) is 1.77. The maximum absolute atomic E-state index is 11.5. The molecule has 6 heteroatoms. The van der Waals surface area contributed by atoms with Crippen LogP contribution in [0, 0.1) is 6.92 Å². The van der Waals surface area contributed by atoms with E-state index in [0.29, 0.717) is 17.4 Å². The van der Waals surface area contributed by atoms with E-state index in [4.69, 9.17) is 0 Å². The third kappa shape index (κ3) is 1.24. The molecular weight excluding hydrogens is 182 g/mol. The van der Waals surface area contributed by atoms with Gasteiger partial charge in [0, 0.05) is 25.9 Å². The van der Waals surface area contributed by atoms with Gasteiger partial charge < -0.3 is 4.90 Å². The van der Waals surface area contributed by atoms with Gasteiger partial charge in [0.1, 0.15) is 0 Å². The monoisotopic (exact) mass is 193 g/mol. The molecule has 2 aromatic heterocycles. The van der Waals surface area contributed by atoms with Gasteiger partial charge in [0.05, 0.1) is 0 Å². The predicted molar refractivity (Wildman–Crippen MR) is 52.7 cm³/mol. The Bertz CT molecular complexity index is 524. The van der Waals surface area contributed by atoms with Crippen LogP contribution in [0.3, 0.4) is 0 Å². The molecular formula is C8H11N5O. The highest BCUT2D eigenvalue weighted by Gasteiger charge is 2.06. The van der Waals surface area contributed by atoms with E-state index in [-0.39, 0.29) is 5.56 Å². The first kappa shape index (κ1) is 8.74. The minimum absolute atomic E-state index is 0.145. The van der Waals surface area contributed by atoms with Crippen LogP contribution in [-0.4, -0.2) is 33.7 Å². The molecule has 2 rings (SSSR count). The van der Waals surface area contributed by atoms with Crippen molar-refractivity contribution in [1.82, 2.24) is 19.6 Å². The van der Waals surface area contributed by atoms with E-state index in [9.17, 15) is 4.79 Å². The number of hydrogen-bond donors (Lipinski definition) is 1. The van der Waals surface area contributed by atoms with E-state index in [1.165, 1.54) is 10.6 Å². The molecule has 14 heavy (non-hydrogen) atoms. The standard InChI is InChI=1S/C8H11N5O/c1-5-4-6(14)13-7(9-5)10-8(11-13)12(2)3/h4H,1-3H3,(H,9,10,11). The topological polar surface area (TPSA) is 66.3 Å². The van der Waals surface area contributed by atoms with Crippen molar-refractivity contribution in [2.24, 2.45) is 0 Å². The molecule has 0 amide bonds. The second-order valence-corrected chi connectivity index (χ2v) is 3.31. The van der Waals surface area contributed by atoms with Crippen LogP contribution in [0.5, 0.6) is 0 Å². The third-order valence-electron chi connectivity index (χ3n) is 1.87. The predicted octanol–water partition coefficient (Wildman–Crippen LogP) is -0.208. The Labute approximate surface area is 80.2 Å². The average molecular weight is 193 g/mol. The minimum Gasteiger partial charge on any atom is -0.347 e. The number of aryl methyl sites for hydroxylation is 1. The molecule has 0 unspecified atom stereocenters. The van der Waals surface area contributed by atoms with Gasteiger partial charge in [0.25, 0.3) is 11.3 Å². The Kier molecular flexibility index (Phi) is 1.77. The van der Waals surface area contributed by atoms with Crippen LogP contribution >= 0.6 is 0 Å². The smallest absolute Gasteiger partial charge is 0.274 e. The van der Waals surface area contributed by atoms with Crippen LogP contribution in [0.25, 0.3) is 5.78 Å². The van der Waals surface area contributed by atoms with Gasteiger partial charge in [-0.1, -0.05) is 0 Å². The summed E-state index contributed by atoms with van der Waals surface area (Å²) in [5, 5.41) is 2.85. The lowest BCUT2D eigenvalue weighted by Crippen LogP contribution is -2.15. The summed E-state index contributed by atoms with van der Waals surface area (Å²) in [6.07, 6.45) is 0. The molecule has 0 saturated carbocycles. The molecule has 74 valence electrons. The van der Waals surface area contributed by atoms with Crippen LogP contribution < -0.4 is 10.5 Å². The van der Waals surface area contributed by atoms with E-state index in [2.05, 4.69) is 15.1 Å². The number of aromatic amines is 1. The van der Waals surface area contributed by atoms with Crippen molar-refractivity contribution in [1.29, 1.82) is 0 Å². The minimum atomic E-state index is -0.145. The molecule has 0 atom stereocenters. The molecule has 0 radical (unpaired) electrons. The first-order valence-electron chi connectivity index (χ1n) is 4.21. The molecule has 0 aromatic carbocycles. The van der Waals surface area contributed by atoms with Crippen molar-refractivity contribution in [2.75, 3.05) is 19.0 Å². The van der Waals surface area contributed by atoms with E-state index in [1.54, 1.807) is 11.8 Å². The summed E-state index contributed by atoms with van der Waals surface area (Å²) < 4.78 is 1.32. The number of nitrogens with zero attached hydrogens (tertiary/aromatic N) is 4. The Morgan fingerprint density at radius 2 is 2.14 bits per heavy atom. The lowest BCUT2D eigenvalue weighted by atomic mass is 10.5. The van der Waals surface area contributed by atoms with Gasteiger partial charge in [-0.2, -0.15) is 9.50 Å². The molecule has 0 spiro atoms. The highest BCUT2D eigenvalue weighted by molar-refractivity contribution is 5.37. The fraction of sp³-hybridized carbons (Fsp3) is 0.375. The molecule has 6 nitrogen and oxygen atoms in total. The summed E-state index contributed by atoms with van der Waals surface area (Å²) in [5.41, 5.74) is 0.528. The van der Waals surface area contributed by atoms with Crippen molar-refractivity contribution in [3.05, 3.63) is 22.1 Å². The van der Waals surface area contributed by atoms with E-state index in [0.717, 1.165) is 0 Å². The van der Waals surface area contributed by atoms with Crippen molar-refractivity contribution in [3.63, 3.8) is 0 Å². The van der Waals surface area contributed by atoms with Crippen LogP contribution in [0.1, 0.15) is 5.69 Å². The fourth-order valence-corrected chi connectivity index (χ4v) is 1.18. The van der Waals surface area contributed by atoms with Gasteiger partial charge in [0.15, 0.2) is 0 Å². The molecule has 0 aliphatic carbocycles. The van der Waals surface area contributed by atoms with Crippen molar-refractivity contribution in [3.8, 4) is 0 Å². The molecule has 0 fully saturated rings. The Hall–Kier alpha value is -1.85. The second kappa shape index (κ2) is 2.83. The van der Waals surface area contributed by atoms with Gasteiger partial charge in [-0.05, 0) is 6.92 Å². The van der Waals surface area contributed by atoms with Gasteiger partial charge in [-0.25, -0.2) is 4.98 Å². The van der Waals surface area contributed by atoms with Crippen molar-refractivity contribution in [2.45, 2.75) is 6.92 Å². The number of rotatable bonds is 1. The van der Waals surface area contributed by atoms with Crippen LogP contribution in [0.15, 0.2) is 10.9 Å². The number of fused-ring (bicyclic) bond motifs is 1. The van der Waals surface area contributed by atoms with Crippen molar-refractivity contribution >= 4 is 11.7 Å². The summed E-state index contributed by atoms with van der Waals surface area (Å²) in [7, 11) is 3.69. The second-order valence-electron chi connectivity index (χ2n) is 3.31. The summed E-state index contributed by atoms with van der Waals surface area (Å²) in [4.78, 5) is 21.5. The zero-order valence-electron chi connectivity index (χ0n) is 8.27. The maximum atomic E-state index is 11.5. The largest absolute Gasteiger partial charge is 0.347 e. The van der Waals surface area contributed by atoms with E-state index in [1.807, 2.05) is 14.1 Å². The van der Waals surface area contributed by atoms with E-state index >= 15 is 0 Å². The number of hydrogen-bond acceptors (Lipinski definition) is 4. The fourth-order valence-electron chi connectivity index (χ4n) is 1.18. The Morgan fingerprint density at radius 3 is 2.79 bits per heavy atom. The summed E-state index contributed by atoms with van der Waals surface area (Å²) in [6, 6.07) is 1.46. The molecule has 1 N–H and O–H groups in total. The van der Waals surface area contributed by atoms with Crippen molar-refractivity contribution < 1.29 is 0 Å². The highest BCUT2D eigenvalue weighted by atomic mass is 16.1. The third-order valence-corrected chi connectivity index (χ3v) is 1.87. The van der Waals surface area contributed by atoms with Gasteiger partial charge in [0.2, 0.25) is 5.95 Å². The average Bonchev–Trinajstić information content (AvgIpc) is 2.47. The van der Waals surface area contributed by atoms with Gasteiger partial charge in [-0.3, -0.25) is 9.89 Å². The first-order valence-corrected chi connectivity index (χ1v) is 4.21. The number of H-pyrrole nitrogens is 1. The summed E-state index contributed by atoms with van der Waals surface area (Å²) in [5.74, 6) is 1.01. The Balaban J connectivity index is 2.77. The quantitative estimate of drug-likeness (QED) is 0.680. The lowest BCUT2D eigenvalue weighted by Gasteiger charge is -2.04. The zero-order valence-corrected chi connectivity index (χ0v) is 8.27. The molecule has 0 saturated heterocycles. The van der Waals surface area contributed by atoms with Crippen LogP contribution in [0.4, 0.5) is 5.95 Å². The molecule has 0 bridgehead atoms. The normalized spacial score (nSPS) is 10.8. The van der Waals surface area contributed by atoms with Crippen LogP contribution in [0.2, 0.25) is 0 Å². The zero-order chi connectivity index (χ0) is 10.3. The maximum Gasteiger partial charge on any atom is 0.274 e. The highest BCUT2D eigenvalue weighted by Crippen LogP contribution is 2.03. The van der Waals surface area contributed by atoms with Crippen LogP contribution in [-0.2, 0) is 0 Å². The van der Waals surface area contributed by atoms with Gasteiger partial charge >= 0.3 is 0 Å². The molecule has 2 aromatic rings. The molecule has 0 aliphatic heterocycles. The first-order chi connectivity index (χ1) is 6.58. The number of aromatic nitrogens is 4.